The van der Waals surface area contributed by atoms with Crippen LogP contribution >= 0.6 is 0 Å². The van der Waals surface area contributed by atoms with Crippen LogP contribution < -0.4 is 5.73 Å². The predicted octanol–water partition coefficient (Wildman–Crippen LogP) is 2.32. The van der Waals surface area contributed by atoms with E-state index in [4.69, 9.17) is 5.73 Å². The molecule has 3 aromatic rings. The van der Waals surface area contributed by atoms with E-state index in [1.807, 2.05) is 18.2 Å². The summed E-state index contributed by atoms with van der Waals surface area (Å²) < 4.78 is 0. The normalized spacial score (nSPS) is 11.1. The molecule has 0 saturated heterocycles. The highest BCUT2D eigenvalue weighted by molar-refractivity contribution is 5.96. The van der Waals surface area contributed by atoms with Crippen LogP contribution in [0.2, 0.25) is 0 Å². The van der Waals surface area contributed by atoms with Gasteiger partial charge in [-0.3, -0.25) is 0 Å². The molecule has 0 amide bonds. The van der Waals surface area contributed by atoms with Crippen LogP contribution in [0.3, 0.4) is 0 Å². The van der Waals surface area contributed by atoms with Crippen molar-refractivity contribution in [3.05, 3.63) is 36.2 Å². The molecule has 4 heteroatoms. The largest absolute Gasteiger partial charge is 0.383 e. The fourth-order valence-corrected chi connectivity index (χ4v) is 2.04. The van der Waals surface area contributed by atoms with Crippen molar-refractivity contribution in [3.63, 3.8) is 0 Å². The monoisotopic (exact) mass is 224 g/mol. The van der Waals surface area contributed by atoms with Gasteiger partial charge in [-0.2, -0.15) is 0 Å². The van der Waals surface area contributed by atoms with E-state index in [-0.39, 0.29) is 0 Å². The minimum Gasteiger partial charge on any atom is -0.383 e. The average molecular weight is 224 g/mol. The zero-order valence-corrected chi connectivity index (χ0v) is 9.51. The summed E-state index contributed by atoms with van der Waals surface area (Å²) in [5.74, 6) is 0.478. The Bertz CT molecular complexity index is 706. The van der Waals surface area contributed by atoms with E-state index >= 15 is 0 Å². The van der Waals surface area contributed by atoms with Gasteiger partial charge in [0.1, 0.15) is 12.1 Å². The molecule has 2 N–H and O–H groups in total. The van der Waals surface area contributed by atoms with E-state index in [0.717, 1.165) is 22.7 Å². The predicted molar refractivity (Wildman–Crippen MR) is 68.6 cm³/mol. The number of hydrogen-bond donors (Lipinski definition) is 1. The maximum Gasteiger partial charge on any atom is 0.165 e. The second-order valence-corrected chi connectivity index (χ2v) is 3.96. The zero-order chi connectivity index (χ0) is 11.8. The van der Waals surface area contributed by atoms with E-state index in [9.17, 15) is 0 Å². The lowest BCUT2D eigenvalue weighted by Crippen LogP contribution is -1.96. The zero-order valence-electron chi connectivity index (χ0n) is 9.51. The van der Waals surface area contributed by atoms with E-state index in [0.29, 0.717) is 11.5 Å². The molecule has 1 aromatic carbocycles. The van der Waals surface area contributed by atoms with Crippen LogP contribution in [0, 0.1) is 0 Å². The summed E-state index contributed by atoms with van der Waals surface area (Å²) in [4.78, 5) is 12.7. The fraction of sp³-hybridized carbons (Fsp3) is 0.154. The van der Waals surface area contributed by atoms with Gasteiger partial charge in [-0.1, -0.05) is 25.1 Å². The lowest BCUT2D eigenvalue weighted by molar-refractivity contribution is 1.14. The molecular formula is C13H12N4. The van der Waals surface area contributed by atoms with Gasteiger partial charge in [-0.05, 0) is 18.1 Å². The molecule has 0 aliphatic rings. The van der Waals surface area contributed by atoms with Crippen LogP contribution in [-0.4, -0.2) is 15.0 Å². The number of nitrogens with two attached hydrogens (primary N) is 1. The molecule has 0 radical (unpaired) electrons. The van der Waals surface area contributed by atoms with Crippen molar-refractivity contribution in [2.75, 3.05) is 5.73 Å². The first kappa shape index (κ1) is 9.96. The number of benzene rings is 1. The maximum absolute atomic E-state index is 5.83. The second-order valence-electron chi connectivity index (χ2n) is 3.96. The highest BCUT2D eigenvalue weighted by Gasteiger charge is 2.06. The summed E-state index contributed by atoms with van der Waals surface area (Å²) in [6.07, 6.45) is 2.40. The number of aryl methyl sites for hydroxylation is 1. The van der Waals surface area contributed by atoms with E-state index < -0.39 is 0 Å². The molecule has 2 heterocycles. The molecule has 2 aromatic heterocycles. The lowest BCUT2D eigenvalue weighted by atomic mass is 10.1. The van der Waals surface area contributed by atoms with Crippen molar-refractivity contribution in [2.24, 2.45) is 0 Å². The van der Waals surface area contributed by atoms with Crippen molar-refractivity contribution in [1.82, 2.24) is 15.0 Å². The molecule has 0 aliphatic heterocycles. The summed E-state index contributed by atoms with van der Waals surface area (Å²) in [6.45, 7) is 2.12. The molecule has 0 aliphatic carbocycles. The SMILES string of the molecule is CCc1cccc2cc3c(N)ncnc3nc12. The van der Waals surface area contributed by atoms with Crippen LogP contribution in [0.25, 0.3) is 21.9 Å². The van der Waals surface area contributed by atoms with Crippen LogP contribution in [0.5, 0.6) is 0 Å². The van der Waals surface area contributed by atoms with Gasteiger partial charge in [-0.25, -0.2) is 15.0 Å². The summed E-state index contributed by atoms with van der Waals surface area (Å²) in [7, 11) is 0. The van der Waals surface area contributed by atoms with Crippen LogP contribution in [0.1, 0.15) is 12.5 Å². The maximum atomic E-state index is 5.83. The Morgan fingerprint density at radius 1 is 1.24 bits per heavy atom. The lowest BCUT2D eigenvalue weighted by Gasteiger charge is -2.05. The van der Waals surface area contributed by atoms with Gasteiger partial charge in [0, 0.05) is 5.39 Å². The molecule has 84 valence electrons. The molecule has 4 nitrogen and oxygen atoms in total. The molecule has 0 unspecified atom stereocenters. The van der Waals surface area contributed by atoms with Crippen LogP contribution in [-0.2, 0) is 6.42 Å². The minimum atomic E-state index is 0.478. The van der Waals surface area contributed by atoms with Crippen molar-refractivity contribution < 1.29 is 0 Å². The molecule has 0 bridgehead atoms. The number of aromatic nitrogens is 3. The molecular weight excluding hydrogens is 212 g/mol. The van der Waals surface area contributed by atoms with Gasteiger partial charge in [0.25, 0.3) is 0 Å². The van der Waals surface area contributed by atoms with Crippen molar-refractivity contribution in [2.45, 2.75) is 13.3 Å². The molecule has 0 spiro atoms. The first-order valence-electron chi connectivity index (χ1n) is 5.58. The number of nitrogens with zero attached hydrogens (tertiary/aromatic N) is 3. The van der Waals surface area contributed by atoms with E-state index in [2.05, 4.69) is 27.9 Å². The highest BCUT2D eigenvalue weighted by atomic mass is 15.0. The van der Waals surface area contributed by atoms with Gasteiger partial charge < -0.3 is 5.73 Å². The fourth-order valence-electron chi connectivity index (χ4n) is 2.04. The Hall–Kier alpha value is -2.23. The van der Waals surface area contributed by atoms with Crippen molar-refractivity contribution >= 4 is 27.8 Å². The number of pyridine rings is 1. The Balaban J connectivity index is 2.48. The van der Waals surface area contributed by atoms with Crippen LogP contribution in [0.4, 0.5) is 5.82 Å². The quantitative estimate of drug-likeness (QED) is 0.644. The summed E-state index contributed by atoms with van der Waals surface area (Å²) in [6, 6.07) is 8.17. The number of hydrogen-bond acceptors (Lipinski definition) is 4. The van der Waals surface area contributed by atoms with Gasteiger partial charge >= 0.3 is 0 Å². The summed E-state index contributed by atoms with van der Waals surface area (Å²) in [5.41, 5.74) is 8.71. The summed E-state index contributed by atoms with van der Waals surface area (Å²) >= 11 is 0. The number of anilines is 1. The molecule has 17 heavy (non-hydrogen) atoms. The minimum absolute atomic E-state index is 0.478. The van der Waals surface area contributed by atoms with Crippen LogP contribution in [0.15, 0.2) is 30.6 Å². The van der Waals surface area contributed by atoms with E-state index in [1.165, 1.54) is 11.9 Å². The number of nitrogen functional groups attached to an aromatic ring is 1. The Kier molecular flexibility index (Phi) is 2.14. The first-order valence-corrected chi connectivity index (χ1v) is 5.58. The highest BCUT2D eigenvalue weighted by Crippen LogP contribution is 2.23. The smallest absolute Gasteiger partial charge is 0.165 e. The van der Waals surface area contributed by atoms with Gasteiger partial charge in [-0.15, -0.1) is 0 Å². The number of fused-ring (bicyclic) bond motifs is 2. The Morgan fingerprint density at radius 3 is 2.94 bits per heavy atom. The molecule has 0 saturated carbocycles. The number of para-hydroxylation sites is 1. The molecule has 0 fully saturated rings. The summed E-state index contributed by atoms with van der Waals surface area (Å²) in [5, 5.41) is 1.90. The Morgan fingerprint density at radius 2 is 2.12 bits per heavy atom. The number of rotatable bonds is 1. The molecule has 0 atom stereocenters. The average Bonchev–Trinajstić information content (AvgIpc) is 2.36. The third-order valence-corrected chi connectivity index (χ3v) is 2.94. The standard InChI is InChI=1S/C13H12N4/c1-2-8-4-3-5-9-6-10-12(14)15-7-16-13(10)17-11(8)9/h3-7H,2H2,1H3,(H2,14,15,16,17). The topological polar surface area (TPSA) is 64.7 Å². The second kappa shape index (κ2) is 3.66. The molecule has 3 rings (SSSR count). The van der Waals surface area contributed by atoms with Crippen molar-refractivity contribution in [3.8, 4) is 0 Å². The van der Waals surface area contributed by atoms with Gasteiger partial charge in [0.05, 0.1) is 10.9 Å². The third-order valence-electron chi connectivity index (χ3n) is 2.94. The van der Waals surface area contributed by atoms with Gasteiger partial charge in [0.15, 0.2) is 5.65 Å². The Labute approximate surface area is 98.5 Å². The van der Waals surface area contributed by atoms with Gasteiger partial charge in [0.2, 0.25) is 0 Å². The first-order chi connectivity index (χ1) is 8.29. The van der Waals surface area contributed by atoms with E-state index in [1.54, 1.807) is 0 Å². The van der Waals surface area contributed by atoms with Crippen molar-refractivity contribution in [1.29, 1.82) is 0 Å². The third kappa shape index (κ3) is 1.49.